The zero-order chi connectivity index (χ0) is 25.0. The van der Waals surface area contributed by atoms with Gasteiger partial charge in [-0.15, -0.1) is 0 Å². The lowest BCUT2D eigenvalue weighted by Gasteiger charge is -2.16. The molecule has 0 saturated carbocycles. The van der Waals surface area contributed by atoms with Gasteiger partial charge >= 0.3 is 0 Å². The highest BCUT2D eigenvalue weighted by Crippen LogP contribution is 2.11. The third kappa shape index (κ3) is 12.1. The second-order valence-corrected chi connectivity index (χ2v) is 7.64. The molecule has 2 N–H and O–H groups in total. The molecule has 0 aliphatic carbocycles. The summed E-state index contributed by atoms with van der Waals surface area (Å²) in [7, 11) is 4.01. The predicted molar refractivity (Wildman–Crippen MR) is 154 cm³/mol. The quantitative estimate of drug-likeness (QED) is 0.302. The van der Waals surface area contributed by atoms with Gasteiger partial charge in [0.2, 0.25) is 0 Å². The number of anilines is 2. The van der Waals surface area contributed by atoms with E-state index >= 15 is 0 Å². The van der Waals surface area contributed by atoms with Crippen molar-refractivity contribution in [1.29, 1.82) is 0 Å². The predicted octanol–water partition coefficient (Wildman–Crippen LogP) is 7.26. The number of rotatable bonds is 7. The molecule has 0 bridgehead atoms. The van der Waals surface area contributed by atoms with Gasteiger partial charge in [0.25, 0.3) is 0 Å². The molecule has 4 aromatic carbocycles. The van der Waals surface area contributed by atoms with Crippen molar-refractivity contribution in [3.63, 3.8) is 0 Å². The summed E-state index contributed by atoms with van der Waals surface area (Å²) in [5.74, 6) is 0. The molecule has 35 heavy (non-hydrogen) atoms. The molecular formula is C32H36N2O. The second-order valence-electron chi connectivity index (χ2n) is 7.64. The van der Waals surface area contributed by atoms with Crippen molar-refractivity contribution >= 4 is 23.5 Å². The highest BCUT2D eigenvalue weighted by Gasteiger charge is 1.95. The molecule has 3 nitrogen and oxygen atoms in total. The van der Waals surface area contributed by atoms with E-state index in [0.717, 1.165) is 17.8 Å². The monoisotopic (exact) mass is 464 g/mol. The molecule has 0 unspecified atom stereocenters. The van der Waals surface area contributed by atoms with Crippen LogP contribution in [0.4, 0.5) is 11.4 Å². The molecule has 0 heterocycles. The first-order valence-corrected chi connectivity index (χ1v) is 11.8. The van der Waals surface area contributed by atoms with Gasteiger partial charge in [0.1, 0.15) is 0 Å². The maximum absolute atomic E-state index is 8.44. The van der Waals surface area contributed by atoms with Crippen LogP contribution in [0.3, 0.4) is 0 Å². The van der Waals surface area contributed by atoms with Crippen molar-refractivity contribution < 1.29 is 5.11 Å². The van der Waals surface area contributed by atoms with Crippen LogP contribution in [0.5, 0.6) is 0 Å². The van der Waals surface area contributed by atoms with Crippen molar-refractivity contribution in [2.75, 3.05) is 37.5 Å². The minimum absolute atomic E-state index is 0.106. The van der Waals surface area contributed by atoms with E-state index in [0.29, 0.717) is 0 Å². The van der Waals surface area contributed by atoms with Crippen molar-refractivity contribution in [1.82, 2.24) is 0 Å². The zero-order valence-corrected chi connectivity index (χ0v) is 20.7. The van der Waals surface area contributed by atoms with E-state index in [1.807, 2.05) is 85.9 Å². The molecule has 0 aliphatic heterocycles. The highest BCUT2D eigenvalue weighted by molar-refractivity contribution is 5.52. The van der Waals surface area contributed by atoms with E-state index in [2.05, 4.69) is 77.9 Å². The first kappa shape index (κ1) is 27.2. The lowest BCUT2D eigenvalue weighted by molar-refractivity contribution is 0.343. The zero-order valence-electron chi connectivity index (χ0n) is 20.7. The number of hydrogen-bond donors (Lipinski definition) is 2. The SMILES string of the molecule is CN(C/C=C/c1ccccc1)c1ccccc1.CNc1ccccc1.OC/C=C/c1ccccc1. The largest absolute Gasteiger partial charge is 0.392 e. The maximum Gasteiger partial charge on any atom is 0.0615 e. The summed E-state index contributed by atoms with van der Waals surface area (Å²) in [4.78, 5) is 2.22. The van der Waals surface area contributed by atoms with Crippen molar-refractivity contribution in [2.45, 2.75) is 0 Å². The number of hydrogen-bond acceptors (Lipinski definition) is 3. The minimum atomic E-state index is 0.106. The van der Waals surface area contributed by atoms with Gasteiger partial charge < -0.3 is 15.3 Å². The summed E-state index contributed by atoms with van der Waals surface area (Å²) in [6.45, 7) is 1.02. The summed E-state index contributed by atoms with van der Waals surface area (Å²) in [6.07, 6.45) is 7.94. The molecule has 4 rings (SSSR count). The third-order valence-electron chi connectivity index (χ3n) is 4.96. The van der Waals surface area contributed by atoms with Crippen LogP contribution in [0.2, 0.25) is 0 Å². The molecule has 0 radical (unpaired) electrons. The Bertz CT molecular complexity index is 1080. The number of aliphatic hydroxyl groups excluding tert-OH is 1. The Balaban J connectivity index is 0.000000204. The lowest BCUT2D eigenvalue weighted by Crippen LogP contribution is -2.16. The fourth-order valence-corrected chi connectivity index (χ4v) is 3.06. The van der Waals surface area contributed by atoms with E-state index in [-0.39, 0.29) is 6.61 Å². The Kier molecular flexibility index (Phi) is 13.5. The Morgan fingerprint density at radius 1 is 0.629 bits per heavy atom. The summed E-state index contributed by atoms with van der Waals surface area (Å²) >= 11 is 0. The lowest BCUT2D eigenvalue weighted by atomic mass is 10.2. The fourth-order valence-electron chi connectivity index (χ4n) is 3.06. The average Bonchev–Trinajstić information content (AvgIpc) is 2.94. The maximum atomic E-state index is 8.44. The van der Waals surface area contributed by atoms with Crippen LogP contribution < -0.4 is 10.2 Å². The third-order valence-corrected chi connectivity index (χ3v) is 4.96. The Hall–Kier alpha value is -4.08. The minimum Gasteiger partial charge on any atom is -0.392 e. The van der Waals surface area contributed by atoms with Gasteiger partial charge in [-0.2, -0.15) is 0 Å². The second kappa shape index (κ2) is 17.4. The van der Waals surface area contributed by atoms with Gasteiger partial charge in [0, 0.05) is 32.0 Å². The summed E-state index contributed by atoms with van der Waals surface area (Å²) in [5, 5.41) is 11.5. The molecule has 0 spiro atoms. The standard InChI is InChI=1S/C16H17N.C9H10O.C7H9N/c1-17(16-12-6-3-7-13-16)14-8-11-15-9-4-2-5-10-15;10-8-4-7-9-5-2-1-3-6-9;1-8-7-5-3-2-4-6-7/h2-13H,14H2,1H3;1-7,10H,8H2;2-6,8H,1H3/b11-8+;7-4+;. The van der Waals surface area contributed by atoms with E-state index in [9.17, 15) is 0 Å². The average molecular weight is 465 g/mol. The molecule has 0 saturated heterocycles. The number of aliphatic hydroxyl groups is 1. The fraction of sp³-hybridized carbons (Fsp3) is 0.125. The van der Waals surface area contributed by atoms with Gasteiger partial charge in [-0.3, -0.25) is 0 Å². The smallest absolute Gasteiger partial charge is 0.0615 e. The van der Waals surface area contributed by atoms with Gasteiger partial charge in [-0.25, -0.2) is 0 Å². The Morgan fingerprint density at radius 2 is 1.06 bits per heavy atom. The molecule has 0 atom stereocenters. The summed E-state index contributed by atoms with van der Waals surface area (Å²) in [6, 6.07) is 40.7. The van der Waals surface area contributed by atoms with Crippen LogP contribution in [-0.4, -0.2) is 32.4 Å². The van der Waals surface area contributed by atoms with E-state index < -0.39 is 0 Å². The van der Waals surface area contributed by atoms with Gasteiger partial charge in [-0.05, 0) is 35.4 Å². The topological polar surface area (TPSA) is 35.5 Å². The molecule has 0 amide bonds. The van der Waals surface area contributed by atoms with Gasteiger partial charge in [0.15, 0.2) is 0 Å². The van der Waals surface area contributed by atoms with Crippen LogP contribution in [0, 0.1) is 0 Å². The van der Waals surface area contributed by atoms with Crippen LogP contribution in [0.25, 0.3) is 12.2 Å². The summed E-state index contributed by atoms with van der Waals surface area (Å²) < 4.78 is 0. The number of nitrogens with one attached hydrogen (secondary N) is 1. The highest BCUT2D eigenvalue weighted by atomic mass is 16.2. The normalized spacial score (nSPS) is 10.1. The molecular weight excluding hydrogens is 428 g/mol. The molecule has 4 aromatic rings. The molecule has 0 aliphatic rings. The first-order chi connectivity index (χ1) is 17.2. The first-order valence-electron chi connectivity index (χ1n) is 11.8. The molecule has 3 heteroatoms. The number of para-hydroxylation sites is 2. The number of nitrogens with zero attached hydrogens (tertiary/aromatic N) is 1. The van der Waals surface area contributed by atoms with Gasteiger partial charge in [-0.1, -0.05) is 121 Å². The summed E-state index contributed by atoms with van der Waals surface area (Å²) in [5.41, 5.74) is 4.77. The molecule has 0 fully saturated rings. The van der Waals surface area contributed by atoms with E-state index in [1.165, 1.54) is 11.3 Å². The van der Waals surface area contributed by atoms with Crippen molar-refractivity contribution in [3.05, 3.63) is 145 Å². The van der Waals surface area contributed by atoms with Crippen LogP contribution in [0.15, 0.2) is 133 Å². The van der Waals surface area contributed by atoms with E-state index in [4.69, 9.17) is 5.11 Å². The number of likely N-dealkylation sites (N-methyl/N-ethyl adjacent to an activating group) is 1. The van der Waals surface area contributed by atoms with E-state index in [1.54, 1.807) is 6.08 Å². The number of benzene rings is 4. The van der Waals surface area contributed by atoms with Crippen LogP contribution >= 0.6 is 0 Å². The Labute approximate surface area is 210 Å². The van der Waals surface area contributed by atoms with Gasteiger partial charge in [0.05, 0.1) is 6.61 Å². The van der Waals surface area contributed by atoms with Crippen molar-refractivity contribution in [3.8, 4) is 0 Å². The van der Waals surface area contributed by atoms with Crippen molar-refractivity contribution in [2.24, 2.45) is 0 Å². The van der Waals surface area contributed by atoms with Crippen LogP contribution in [0.1, 0.15) is 11.1 Å². The molecule has 180 valence electrons. The van der Waals surface area contributed by atoms with Crippen LogP contribution in [-0.2, 0) is 0 Å². The molecule has 0 aromatic heterocycles. The Morgan fingerprint density at radius 3 is 1.49 bits per heavy atom.